The third kappa shape index (κ3) is 3.59. The van der Waals surface area contributed by atoms with Gasteiger partial charge in [0, 0.05) is 12.1 Å². The second-order valence-electron chi connectivity index (χ2n) is 4.75. The van der Waals surface area contributed by atoms with Gasteiger partial charge in [-0.05, 0) is 32.4 Å². The van der Waals surface area contributed by atoms with Crippen LogP contribution in [0, 0.1) is 0 Å². The van der Waals surface area contributed by atoms with Crippen molar-refractivity contribution in [3.8, 4) is 0 Å². The van der Waals surface area contributed by atoms with Gasteiger partial charge in [-0.25, -0.2) is 4.79 Å². The summed E-state index contributed by atoms with van der Waals surface area (Å²) in [6, 6.07) is 5.00. The number of carbonyl (C=O) groups excluding carboxylic acids is 2. The number of esters is 1. The molecule has 0 bridgehead atoms. The molecular weight excluding hydrogens is 218 g/mol. The molecule has 0 fully saturated rings. The van der Waals surface area contributed by atoms with Crippen LogP contribution in [0.15, 0.2) is 18.2 Å². The van der Waals surface area contributed by atoms with Crippen LogP contribution in [0.4, 0.5) is 5.69 Å². The molecule has 4 nitrogen and oxygen atoms in total. The fraction of sp³-hybridized carbons (Fsp3) is 0.385. The van der Waals surface area contributed by atoms with Crippen LogP contribution < -0.4 is 5.73 Å². The quantitative estimate of drug-likeness (QED) is 0.494. The summed E-state index contributed by atoms with van der Waals surface area (Å²) in [5, 5.41) is 0. The van der Waals surface area contributed by atoms with Crippen LogP contribution in [0.25, 0.3) is 0 Å². The Morgan fingerprint density at radius 3 is 2.59 bits per heavy atom. The molecule has 0 amide bonds. The summed E-state index contributed by atoms with van der Waals surface area (Å²) >= 11 is 0. The van der Waals surface area contributed by atoms with Crippen molar-refractivity contribution in [2.45, 2.75) is 32.8 Å². The Hall–Kier alpha value is -1.84. The summed E-state index contributed by atoms with van der Waals surface area (Å²) in [5.74, 6) is -0.470. The number of hydrogen-bond donors (Lipinski definition) is 1. The van der Waals surface area contributed by atoms with E-state index in [1.54, 1.807) is 39.0 Å². The van der Waals surface area contributed by atoms with E-state index in [1.165, 1.54) is 0 Å². The van der Waals surface area contributed by atoms with Crippen LogP contribution in [0.1, 0.15) is 36.7 Å². The lowest BCUT2D eigenvalue weighted by Crippen LogP contribution is -2.24. The number of ether oxygens (including phenoxy) is 1. The first kappa shape index (κ1) is 13.2. The lowest BCUT2D eigenvalue weighted by Gasteiger charge is -2.20. The molecule has 1 aromatic carbocycles. The van der Waals surface area contributed by atoms with Gasteiger partial charge in [0.15, 0.2) is 0 Å². The van der Waals surface area contributed by atoms with Crippen molar-refractivity contribution in [2.24, 2.45) is 0 Å². The standard InChI is InChI=1S/C13H17NO3/c1-13(2,3)17-12(16)10-6-4-5-9(7-8-15)11(10)14/h4-6,8H,7,14H2,1-3H3. The molecule has 1 rings (SSSR count). The zero-order valence-electron chi connectivity index (χ0n) is 10.3. The van der Waals surface area contributed by atoms with Crippen LogP contribution in [0.2, 0.25) is 0 Å². The SMILES string of the molecule is CC(C)(C)OC(=O)c1cccc(CC=O)c1N. The number of hydrogen-bond acceptors (Lipinski definition) is 4. The van der Waals surface area contributed by atoms with Crippen molar-refractivity contribution in [3.05, 3.63) is 29.3 Å². The summed E-state index contributed by atoms with van der Waals surface area (Å²) in [4.78, 5) is 22.3. The van der Waals surface area contributed by atoms with Crippen molar-refractivity contribution in [1.82, 2.24) is 0 Å². The van der Waals surface area contributed by atoms with Gasteiger partial charge in [-0.2, -0.15) is 0 Å². The fourth-order valence-electron chi connectivity index (χ4n) is 1.39. The third-order valence-electron chi connectivity index (χ3n) is 2.12. The molecular formula is C13H17NO3. The molecule has 0 spiro atoms. The molecule has 0 heterocycles. The van der Waals surface area contributed by atoms with Crippen LogP contribution in [0.3, 0.4) is 0 Å². The highest BCUT2D eigenvalue weighted by Gasteiger charge is 2.20. The Morgan fingerprint density at radius 1 is 1.41 bits per heavy atom. The maximum atomic E-state index is 11.8. The monoisotopic (exact) mass is 235 g/mol. The Balaban J connectivity index is 3.02. The third-order valence-corrected chi connectivity index (χ3v) is 2.12. The topological polar surface area (TPSA) is 69.4 Å². The number of benzene rings is 1. The number of aldehydes is 1. The summed E-state index contributed by atoms with van der Waals surface area (Å²) in [5.41, 5.74) is 6.52. The van der Waals surface area contributed by atoms with Gasteiger partial charge in [-0.1, -0.05) is 12.1 Å². The molecule has 17 heavy (non-hydrogen) atoms. The zero-order chi connectivity index (χ0) is 13.1. The maximum Gasteiger partial charge on any atom is 0.340 e. The highest BCUT2D eigenvalue weighted by atomic mass is 16.6. The minimum absolute atomic E-state index is 0.197. The molecule has 0 atom stereocenters. The molecule has 2 N–H and O–H groups in total. The average Bonchev–Trinajstić information content (AvgIpc) is 2.18. The van der Waals surface area contributed by atoms with E-state index in [9.17, 15) is 9.59 Å². The smallest absolute Gasteiger partial charge is 0.340 e. The Labute approximate surface area is 101 Å². The molecule has 0 saturated carbocycles. The first-order valence-corrected chi connectivity index (χ1v) is 5.39. The molecule has 92 valence electrons. The van der Waals surface area contributed by atoms with Gasteiger partial charge in [0.2, 0.25) is 0 Å². The molecule has 0 saturated heterocycles. The minimum atomic E-state index is -0.565. The number of carbonyl (C=O) groups is 2. The van der Waals surface area contributed by atoms with Gasteiger partial charge in [0.1, 0.15) is 11.9 Å². The van der Waals surface area contributed by atoms with Gasteiger partial charge in [-0.3, -0.25) is 0 Å². The van der Waals surface area contributed by atoms with Gasteiger partial charge < -0.3 is 15.3 Å². The van der Waals surface area contributed by atoms with E-state index in [1.807, 2.05) is 0 Å². The molecule has 0 aliphatic rings. The van der Waals surface area contributed by atoms with E-state index in [4.69, 9.17) is 10.5 Å². The molecule has 0 unspecified atom stereocenters. The van der Waals surface area contributed by atoms with Crippen molar-refractivity contribution in [1.29, 1.82) is 0 Å². The number of rotatable bonds is 3. The summed E-state index contributed by atoms with van der Waals surface area (Å²) in [6.07, 6.45) is 0.951. The normalized spacial score (nSPS) is 11.0. The van der Waals surface area contributed by atoms with E-state index >= 15 is 0 Å². The van der Waals surface area contributed by atoms with Gasteiger partial charge in [0.05, 0.1) is 5.56 Å². The van der Waals surface area contributed by atoms with E-state index in [0.717, 1.165) is 6.29 Å². The number of nitrogens with two attached hydrogens (primary N) is 1. The Bertz CT molecular complexity index is 433. The van der Waals surface area contributed by atoms with Crippen molar-refractivity contribution in [3.63, 3.8) is 0 Å². The number of nitrogen functional groups attached to an aromatic ring is 1. The predicted octanol–water partition coefficient (Wildman–Crippen LogP) is 1.97. The minimum Gasteiger partial charge on any atom is -0.456 e. The van der Waals surface area contributed by atoms with Gasteiger partial charge in [0.25, 0.3) is 0 Å². The van der Waals surface area contributed by atoms with E-state index < -0.39 is 11.6 Å². The first-order chi connectivity index (χ1) is 7.85. The van der Waals surface area contributed by atoms with Crippen LogP contribution in [-0.2, 0) is 16.0 Å². The average molecular weight is 235 g/mol. The maximum absolute atomic E-state index is 11.8. The van der Waals surface area contributed by atoms with Crippen molar-refractivity contribution < 1.29 is 14.3 Å². The first-order valence-electron chi connectivity index (χ1n) is 5.39. The van der Waals surface area contributed by atoms with Gasteiger partial charge in [-0.15, -0.1) is 0 Å². The summed E-state index contributed by atoms with van der Waals surface area (Å²) in [7, 11) is 0. The molecule has 0 aliphatic carbocycles. The van der Waals surface area contributed by atoms with Crippen LogP contribution in [0.5, 0.6) is 0 Å². The molecule has 4 heteroatoms. The molecule has 0 radical (unpaired) electrons. The Morgan fingerprint density at radius 2 is 2.06 bits per heavy atom. The number of para-hydroxylation sites is 1. The highest BCUT2D eigenvalue weighted by Crippen LogP contribution is 2.21. The summed E-state index contributed by atoms with van der Waals surface area (Å²) in [6.45, 7) is 5.36. The van der Waals surface area contributed by atoms with Gasteiger partial charge >= 0.3 is 5.97 Å². The second-order valence-corrected chi connectivity index (χ2v) is 4.75. The van der Waals surface area contributed by atoms with E-state index in [2.05, 4.69) is 0 Å². The van der Waals surface area contributed by atoms with E-state index in [0.29, 0.717) is 16.8 Å². The summed E-state index contributed by atoms with van der Waals surface area (Å²) < 4.78 is 5.23. The van der Waals surface area contributed by atoms with Crippen LogP contribution in [-0.4, -0.2) is 17.9 Å². The Kier molecular flexibility index (Phi) is 3.89. The van der Waals surface area contributed by atoms with Crippen molar-refractivity contribution in [2.75, 3.05) is 5.73 Å². The zero-order valence-corrected chi connectivity index (χ0v) is 10.3. The lowest BCUT2D eigenvalue weighted by atomic mass is 10.0. The van der Waals surface area contributed by atoms with E-state index in [-0.39, 0.29) is 6.42 Å². The predicted molar refractivity (Wildman–Crippen MR) is 65.8 cm³/mol. The fourth-order valence-corrected chi connectivity index (χ4v) is 1.39. The molecule has 0 aromatic heterocycles. The molecule has 1 aromatic rings. The van der Waals surface area contributed by atoms with Crippen molar-refractivity contribution >= 4 is 17.9 Å². The van der Waals surface area contributed by atoms with Crippen LogP contribution >= 0.6 is 0 Å². The molecule has 0 aliphatic heterocycles. The highest BCUT2D eigenvalue weighted by molar-refractivity contribution is 5.96. The lowest BCUT2D eigenvalue weighted by molar-refractivity contribution is -0.107. The second kappa shape index (κ2) is 4.99. The largest absolute Gasteiger partial charge is 0.456 e. The number of anilines is 1.